The predicted octanol–water partition coefficient (Wildman–Crippen LogP) is 4.76. The lowest BCUT2D eigenvalue weighted by Crippen LogP contribution is -2.34. The molecule has 2 aliphatic rings. The summed E-state index contributed by atoms with van der Waals surface area (Å²) in [5, 5.41) is 9.85. The summed E-state index contributed by atoms with van der Waals surface area (Å²) in [7, 11) is 5.59. The lowest BCUT2D eigenvalue weighted by Gasteiger charge is -2.20. The first-order valence-electron chi connectivity index (χ1n) is 13.7. The zero-order valence-corrected chi connectivity index (χ0v) is 23.3. The number of likely N-dealkylation sites (tertiary alicyclic amines) is 1. The second-order valence-corrected chi connectivity index (χ2v) is 10.8. The van der Waals surface area contributed by atoms with Crippen molar-refractivity contribution in [3.8, 4) is 34.4 Å². The van der Waals surface area contributed by atoms with Gasteiger partial charge in [0.2, 0.25) is 0 Å². The monoisotopic (exact) mass is 554 g/mol. The number of fused-ring (bicyclic) bond motifs is 1. The normalized spacial score (nSPS) is 18.8. The Hall–Kier alpha value is -4.49. The highest BCUT2D eigenvalue weighted by atomic mass is 19.1. The smallest absolute Gasteiger partial charge is 0.255 e. The minimum Gasteiger partial charge on any atom is -0.494 e. The number of furan rings is 1. The van der Waals surface area contributed by atoms with Gasteiger partial charge in [0.25, 0.3) is 5.91 Å². The van der Waals surface area contributed by atoms with Crippen molar-refractivity contribution >= 4 is 22.7 Å². The SMILES string of the molecule is COc1cc(C(=O)N2CCC(N(C)C)C2)cnc1-c1cc2nccc(-c3ccc(N4CCC(F)C4)c(C#N)c3)c2o1. The molecule has 0 aliphatic carbocycles. The summed E-state index contributed by atoms with van der Waals surface area (Å²) in [6.07, 6.45) is 3.77. The van der Waals surface area contributed by atoms with Crippen molar-refractivity contribution in [2.24, 2.45) is 0 Å². The van der Waals surface area contributed by atoms with Crippen molar-refractivity contribution in [3.05, 3.63) is 59.9 Å². The fourth-order valence-electron chi connectivity index (χ4n) is 5.72. The third kappa shape index (κ3) is 4.98. The quantitative estimate of drug-likeness (QED) is 0.337. The van der Waals surface area contributed by atoms with E-state index in [1.807, 2.05) is 42.1 Å². The van der Waals surface area contributed by atoms with Gasteiger partial charge in [0.05, 0.1) is 23.9 Å². The Morgan fingerprint density at radius 1 is 1.15 bits per heavy atom. The molecular weight excluding hydrogens is 523 g/mol. The Labute approximate surface area is 237 Å². The molecule has 10 heteroatoms. The molecule has 6 rings (SSSR count). The summed E-state index contributed by atoms with van der Waals surface area (Å²) in [5.41, 5.74) is 4.85. The Bertz CT molecular complexity index is 1660. The molecule has 1 amide bonds. The van der Waals surface area contributed by atoms with Crippen LogP contribution < -0.4 is 9.64 Å². The second kappa shape index (κ2) is 10.8. The number of anilines is 1. The van der Waals surface area contributed by atoms with Gasteiger partial charge in [-0.25, -0.2) is 9.37 Å². The third-order valence-corrected chi connectivity index (χ3v) is 8.05. The number of rotatable bonds is 6. The number of nitriles is 1. The molecule has 0 N–H and O–H groups in total. The molecule has 2 atom stereocenters. The number of carbonyl (C=O) groups is 1. The minimum atomic E-state index is -0.879. The van der Waals surface area contributed by atoms with Crippen molar-refractivity contribution < 1.29 is 18.3 Å². The zero-order valence-electron chi connectivity index (χ0n) is 23.3. The van der Waals surface area contributed by atoms with Gasteiger partial charge in [0.15, 0.2) is 11.3 Å². The number of halogens is 1. The number of pyridine rings is 2. The van der Waals surface area contributed by atoms with Gasteiger partial charge in [-0.05, 0) is 56.8 Å². The number of aromatic nitrogens is 2. The average molecular weight is 555 g/mol. The zero-order chi connectivity index (χ0) is 28.7. The van der Waals surface area contributed by atoms with Gasteiger partial charge >= 0.3 is 0 Å². The number of hydrogen-bond acceptors (Lipinski definition) is 8. The molecule has 2 aliphatic heterocycles. The fraction of sp³-hybridized carbons (Fsp3) is 0.355. The van der Waals surface area contributed by atoms with Crippen molar-refractivity contribution in [1.82, 2.24) is 19.8 Å². The first kappa shape index (κ1) is 26.7. The number of benzene rings is 1. The van der Waals surface area contributed by atoms with E-state index in [1.54, 1.807) is 30.6 Å². The van der Waals surface area contributed by atoms with Crippen LogP contribution >= 0.6 is 0 Å². The van der Waals surface area contributed by atoms with Gasteiger partial charge in [0.1, 0.15) is 29.2 Å². The molecule has 0 saturated carbocycles. The molecule has 4 aromatic rings. The van der Waals surface area contributed by atoms with E-state index in [0.29, 0.717) is 78.1 Å². The van der Waals surface area contributed by atoms with E-state index in [2.05, 4.69) is 20.9 Å². The van der Waals surface area contributed by atoms with E-state index in [1.165, 1.54) is 7.11 Å². The first-order chi connectivity index (χ1) is 19.9. The van der Waals surface area contributed by atoms with Crippen LogP contribution in [0.25, 0.3) is 33.7 Å². The maximum absolute atomic E-state index is 13.8. The summed E-state index contributed by atoms with van der Waals surface area (Å²) in [5.74, 6) is 0.800. The number of ether oxygens (including phenoxy) is 1. The molecule has 41 heavy (non-hydrogen) atoms. The highest BCUT2D eigenvalue weighted by molar-refractivity contribution is 5.96. The van der Waals surface area contributed by atoms with E-state index in [4.69, 9.17) is 9.15 Å². The highest BCUT2D eigenvalue weighted by Crippen LogP contribution is 2.38. The van der Waals surface area contributed by atoms with Gasteiger partial charge in [0, 0.05) is 56.2 Å². The van der Waals surface area contributed by atoms with Gasteiger partial charge in [-0.2, -0.15) is 5.26 Å². The molecular formula is C31H31FN6O3. The van der Waals surface area contributed by atoms with E-state index >= 15 is 0 Å². The Kier molecular flexibility index (Phi) is 7.05. The highest BCUT2D eigenvalue weighted by Gasteiger charge is 2.29. The molecule has 0 bridgehead atoms. The topological polar surface area (TPSA) is 98.7 Å². The van der Waals surface area contributed by atoms with E-state index in [0.717, 1.165) is 23.2 Å². The Morgan fingerprint density at radius 3 is 2.71 bits per heavy atom. The lowest BCUT2D eigenvalue weighted by molar-refractivity contribution is 0.0782. The number of alkyl halides is 1. The van der Waals surface area contributed by atoms with Crippen LogP contribution in [0.15, 0.2) is 53.2 Å². The summed E-state index contributed by atoms with van der Waals surface area (Å²) < 4.78 is 25.7. The first-order valence-corrected chi connectivity index (χ1v) is 13.7. The van der Waals surface area contributed by atoms with Gasteiger partial charge in [-0.1, -0.05) is 6.07 Å². The van der Waals surface area contributed by atoms with Gasteiger partial charge in [-0.15, -0.1) is 0 Å². The third-order valence-electron chi connectivity index (χ3n) is 8.05. The number of likely N-dealkylation sites (N-methyl/N-ethyl adjacent to an activating group) is 1. The summed E-state index contributed by atoms with van der Waals surface area (Å²) in [4.78, 5) is 28.1. The molecule has 0 spiro atoms. The van der Waals surface area contributed by atoms with Crippen LogP contribution in [-0.4, -0.2) is 85.3 Å². The van der Waals surface area contributed by atoms with Crippen LogP contribution in [-0.2, 0) is 0 Å². The molecule has 2 saturated heterocycles. The molecule has 2 fully saturated rings. The second-order valence-electron chi connectivity index (χ2n) is 10.8. The maximum Gasteiger partial charge on any atom is 0.255 e. The number of carbonyl (C=O) groups excluding carboxylic acids is 1. The minimum absolute atomic E-state index is 0.0760. The van der Waals surface area contributed by atoms with Crippen LogP contribution in [0.5, 0.6) is 5.75 Å². The van der Waals surface area contributed by atoms with Crippen LogP contribution in [0.3, 0.4) is 0 Å². The van der Waals surface area contributed by atoms with Crippen molar-refractivity contribution in [2.45, 2.75) is 25.1 Å². The van der Waals surface area contributed by atoms with Crippen LogP contribution in [0.2, 0.25) is 0 Å². The Morgan fingerprint density at radius 2 is 2.00 bits per heavy atom. The Balaban J connectivity index is 1.32. The summed E-state index contributed by atoms with van der Waals surface area (Å²) >= 11 is 0. The molecule has 1 aromatic carbocycles. The number of nitrogens with zero attached hydrogens (tertiary/aromatic N) is 6. The lowest BCUT2D eigenvalue weighted by atomic mass is 10.0. The molecule has 3 aromatic heterocycles. The van der Waals surface area contributed by atoms with E-state index in [-0.39, 0.29) is 5.91 Å². The van der Waals surface area contributed by atoms with E-state index in [9.17, 15) is 14.4 Å². The van der Waals surface area contributed by atoms with Crippen molar-refractivity contribution in [1.29, 1.82) is 5.26 Å². The van der Waals surface area contributed by atoms with Crippen molar-refractivity contribution in [3.63, 3.8) is 0 Å². The van der Waals surface area contributed by atoms with Crippen LogP contribution in [0.1, 0.15) is 28.8 Å². The average Bonchev–Trinajstić information content (AvgIpc) is 3.75. The fourth-order valence-corrected chi connectivity index (χ4v) is 5.72. The molecule has 9 nitrogen and oxygen atoms in total. The van der Waals surface area contributed by atoms with E-state index < -0.39 is 6.17 Å². The number of hydrogen-bond donors (Lipinski definition) is 0. The maximum atomic E-state index is 13.8. The summed E-state index contributed by atoms with van der Waals surface area (Å²) in [6.45, 7) is 2.26. The predicted molar refractivity (Wildman–Crippen MR) is 154 cm³/mol. The van der Waals surface area contributed by atoms with Crippen LogP contribution in [0.4, 0.5) is 10.1 Å². The van der Waals surface area contributed by atoms with Gasteiger partial charge in [-0.3, -0.25) is 9.78 Å². The van der Waals surface area contributed by atoms with Gasteiger partial charge < -0.3 is 23.9 Å². The van der Waals surface area contributed by atoms with Crippen molar-refractivity contribution in [2.75, 3.05) is 52.3 Å². The molecule has 0 radical (unpaired) electrons. The molecule has 210 valence electrons. The number of amides is 1. The summed E-state index contributed by atoms with van der Waals surface area (Å²) in [6, 6.07) is 13.5. The largest absolute Gasteiger partial charge is 0.494 e. The molecule has 2 unspecified atom stereocenters. The van der Waals surface area contributed by atoms with Crippen LogP contribution in [0, 0.1) is 11.3 Å². The number of methoxy groups -OCH3 is 1. The molecule has 5 heterocycles. The standard InChI is InChI=1S/C31H31FN6O3/c1-36(2)23-8-11-38(18-23)31(39)21-13-27(40-3)29(35-16-21)28-14-25-30(41-28)24(6-9-34-25)19-4-5-26(20(12-19)15-33)37-10-7-22(32)17-37/h4-6,9,12-14,16,22-23H,7-8,10-11,17-18H2,1-3H3.